The Hall–Kier alpha value is -2.37. The van der Waals surface area contributed by atoms with Crippen molar-refractivity contribution in [2.75, 3.05) is 0 Å². The molecule has 1 aromatic carbocycles. The van der Waals surface area contributed by atoms with Crippen molar-refractivity contribution in [2.24, 2.45) is 7.05 Å². The van der Waals surface area contributed by atoms with Gasteiger partial charge in [0, 0.05) is 7.05 Å². The Balaban J connectivity index is 3.12. The SMILES string of the molecule is Cc1ccc2c(c1)c(=O)n(C(=O)O)c(=O)n2C. The lowest BCUT2D eigenvalue weighted by atomic mass is 10.1. The zero-order valence-corrected chi connectivity index (χ0v) is 9.30. The fourth-order valence-electron chi connectivity index (χ4n) is 1.74. The maximum Gasteiger partial charge on any atom is 0.422 e. The van der Waals surface area contributed by atoms with Gasteiger partial charge in [-0.1, -0.05) is 11.6 Å². The van der Waals surface area contributed by atoms with Crippen LogP contribution in [0.25, 0.3) is 10.9 Å². The van der Waals surface area contributed by atoms with E-state index in [0.29, 0.717) is 5.52 Å². The van der Waals surface area contributed by atoms with Gasteiger partial charge < -0.3 is 5.11 Å². The summed E-state index contributed by atoms with van der Waals surface area (Å²) in [5.41, 5.74) is -0.425. The number of carboxylic acid groups (broad SMARTS) is 1. The van der Waals surface area contributed by atoms with Crippen LogP contribution in [0.2, 0.25) is 0 Å². The average Bonchev–Trinajstić information content (AvgIpc) is 2.26. The predicted octanol–water partition coefficient (Wildman–Crippen LogP) is 0.535. The number of nitrogens with zero attached hydrogens (tertiary/aromatic N) is 2. The topological polar surface area (TPSA) is 81.3 Å². The van der Waals surface area contributed by atoms with Crippen LogP contribution in [0, 0.1) is 6.92 Å². The zero-order valence-electron chi connectivity index (χ0n) is 9.30. The molecule has 0 aliphatic rings. The molecule has 17 heavy (non-hydrogen) atoms. The molecule has 0 saturated heterocycles. The van der Waals surface area contributed by atoms with Crippen molar-refractivity contribution in [3.8, 4) is 0 Å². The van der Waals surface area contributed by atoms with E-state index < -0.39 is 17.3 Å². The van der Waals surface area contributed by atoms with E-state index in [1.54, 1.807) is 25.1 Å². The second-order valence-corrected chi connectivity index (χ2v) is 3.79. The van der Waals surface area contributed by atoms with Gasteiger partial charge in [-0.15, -0.1) is 0 Å². The Kier molecular flexibility index (Phi) is 2.35. The molecule has 0 aliphatic heterocycles. The van der Waals surface area contributed by atoms with Crippen LogP contribution in [-0.4, -0.2) is 20.3 Å². The molecule has 2 rings (SSSR count). The Morgan fingerprint density at radius 3 is 2.53 bits per heavy atom. The molecule has 1 heterocycles. The summed E-state index contributed by atoms with van der Waals surface area (Å²) >= 11 is 0. The van der Waals surface area contributed by atoms with Crippen LogP contribution in [0.3, 0.4) is 0 Å². The van der Waals surface area contributed by atoms with Crippen LogP contribution in [0.5, 0.6) is 0 Å². The van der Waals surface area contributed by atoms with Gasteiger partial charge in [-0.25, -0.2) is 9.59 Å². The van der Waals surface area contributed by atoms with Crippen molar-refractivity contribution in [1.82, 2.24) is 9.13 Å². The molecule has 0 unspecified atom stereocenters. The van der Waals surface area contributed by atoms with Gasteiger partial charge in [-0.2, -0.15) is 4.57 Å². The van der Waals surface area contributed by atoms with Gasteiger partial charge >= 0.3 is 11.8 Å². The first kappa shape index (κ1) is 11.1. The predicted molar refractivity (Wildman–Crippen MR) is 61.6 cm³/mol. The van der Waals surface area contributed by atoms with Crippen molar-refractivity contribution >= 4 is 17.0 Å². The minimum Gasteiger partial charge on any atom is -0.464 e. The molecule has 0 radical (unpaired) electrons. The summed E-state index contributed by atoms with van der Waals surface area (Å²) in [5.74, 6) is 0. The number of fused-ring (bicyclic) bond motifs is 1. The van der Waals surface area contributed by atoms with Crippen LogP contribution in [0.15, 0.2) is 27.8 Å². The summed E-state index contributed by atoms with van der Waals surface area (Å²) in [6, 6.07) is 4.95. The molecular weight excluding hydrogens is 224 g/mol. The summed E-state index contributed by atoms with van der Waals surface area (Å²) in [6.07, 6.45) is -1.57. The standard InChI is InChI=1S/C11H10N2O4/c1-6-3-4-8-7(5-6)9(14)13(11(16)17)10(15)12(8)2/h3-5H,1-2H3,(H,16,17). The highest BCUT2D eigenvalue weighted by Crippen LogP contribution is 2.09. The Morgan fingerprint density at radius 2 is 1.94 bits per heavy atom. The van der Waals surface area contributed by atoms with E-state index in [1.165, 1.54) is 7.05 Å². The normalized spacial score (nSPS) is 10.7. The quantitative estimate of drug-likeness (QED) is 0.721. The van der Waals surface area contributed by atoms with E-state index in [1.807, 2.05) is 0 Å². The van der Waals surface area contributed by atoms with Crippen molar-refractivity contribution < 1.29 is 9.90 Å². The summed E-state index contributed by atoms with van der Waals surface area (Å²) in [4.78, 5) is 34.4. The van der Waals surface area contributed by atoms with Gasteiger partial charge in [0.1, 0.15) is 0 Å². The molecule has 0 fully saturated rings. The number of hydrogen-bond donors (Lipinski definition) is 1. The average molecular weight is 234 g/mol. The Bertz CT molecular complexity index is 739. The molecular formula is C11H10N2O4. The van der Waals surface area contributed by atoms with Gasteiger partial charge in [0.25, 0.3) is 5.56 Å². The van der Waals surface area contributed by atoms with Gasteiger partial charge in [0.15, 0.2) is 0 Å². The lowest BCUT2D eigenvalue weighted by Crippen LogP contribution is -2.42. The number of benzene rings is 1. The lowest BCUT2D eigenvalue weighted by molar-refractivity contribution is 0.193. The summed E-state index contributed by atoms with van der Waals surface area (Å²) in [5, 5.41) is 9.07. The number of aryl methyl sites for hydroxylation is 2. The number of carbonyl (C=O) groups is 1. The second-order valence-electron chi connectivity index (χ2n) is 3.79. The van der Waals surface area contributed by atoms with Crippen molar-refractivity contribution in [1.29, 1.82) is 0 Å². The van der Waals surface area contributed by atoms with E-state index in [4.69, 9.17) is 5.11 Å². The van der Waals surface area contributed by atoms with Crippen molar-refractivity contribution in [3.63, 3.8) is 0 Å². The Morgan fingerprint density at radius 1 is 1.29 bits per heavy atom. The third kappa shape index (κ3) is 1.54. The van der Waals surface area contributed by atoms with Crippen LogP contribution in [0.4, 0.5) is 4.79 Å². The van der Waals surface area contributed by atoms with Crippen LogP contribution in [0.1, 0.15) is 5.56 Å². The van der Waals surface area contributed by atoms with Crippen molar-refractivity contribution in [2.45, 2.75) is 6.92 Å². The molecule has 88 valence electrons. The van der Waals surface area contributed by atoms with E-state index in [-0.39, 0.29) is 9.95 Å². The molecule has 0 bridgehead atoms. The summed E-state index contributed by atoms with van der Waals surface area (Å²) in [7, 11) is 1.43. The van der Waals surface area contributed by atoms with E-state index >= 15 is 0 Å². The molecule has 6 nitrogen and oxygen atoms in total. The molecule has 6 heteroatoms. The highest BCUT2D eigenvalue weighted by Gasteiger charge is 2.15. The largest absolute Gasteiger partial charge is 0.464 e. The van der Waals surface area contributed by atoms with Crippen molar-refractivity contribution in [3.05, 3.63) is 44.6 Å². The fourth-order valence-corrected chi connectivity index (χ4v) is 1.74. The maximum atomic E-state index is 11.9. The second kappa shape index (κ2) is 3.58. The first-order valence-electron chi connectivity index (χ1n) is 4.89. The summed E-state index contributed by atoms with van der Waals surface area (Å²) in [6.45, 7) is 1.79. The molecule has 1 N–H and O–H groups in total. The zero-order chi connectivity index (χ0) is 12.7. The van der Waals surface area contributed by atoms with E-state index in [2.05, 4.69) is 0 Å². The summed E-state index contributed by atoms with van der Waals surface area (Å²) < 4.78 is 1.35. The number of hydrogen-bond acceptors (Lipinski definition) is 3. The molecule has 2 aromatic rings. The maximum absolute atomic E-state index is 11.9. The van der Waals surface area contributed by atoms with Crippen LogP contribution >= 0.6 is 0 Å². The molecule has 0 amide bonds. The Labute approximate surface area is 95.3 Å². The monoisotopic (exact) mass is 234 g/mol. The van der Waals surface area contributed by atoms with Gasteiger partial charge in [0.05, 0.1) is 10.9 Å². The third-order valence-corrected chi connectivity index (χ3v) is 2.62. The molecule has 0 atom stereocenters. The van der Waals surface area contributed by atoms with Gasteiger partial charge in [-0.05, 0) is 19.1 Å². The van der Waals surface area contributed by atoms with E-state index in [0.717, 1.165) is 10.1 Å². The first-order chi connectivity index (χ1) is 7.93. The van der Waals surface area contributed by atoms with Gasteiger partial charge in [0.2, 0.25) is 0 Å². The molecule has 0 spiro atoms. The third-order valence-electron chi connectivity index (χ3n) is 2.62. The molecule has 0 saturated carbocycles. The molecule has 1 aromatic heterocycles. The van der Waals surface area contributed by atoms with Crippen LogP contribution in [-0.2, 0) is 7.05 Å². The minimum absolute atomic E-state index is 0.210. The smallest absolute Gasteiger partial charge is 0.422 e. The number of aromatic nitrogens is 2. The van der Waals surface area contributed by atoms with Gasteiger partial charge in [-0.3, -0.25) is 9.36 Å². The lowest BCUT2D eigenvalue weighted by Gasteiger charge is -2.07. The van der Waals surface area contributed by atoms with Crippen LogP contribution < -0.4 is 11.2 Å². The fraction of sp³-hybridized carbons (Fsp3) is 0.182. The highest BCUT2D eigenvalue weighted by molar-refractivity contribution is 5.81. The first-order valence-corrected chi connectivity index (χ1v) is 4.89. The molecule has 0 aliphatic carbocycles. The van der Waals surface area contributed by atoms with E-state index in [9.17, 15) is 14.4 Å². The minimum atomic E-state index is -1.57. The number of rotatable bonds is 0. The highest BCUT2D eigenvalue weighted by atomic mass is 16.4.